The molecule has 1 amide bonds. The molecule has 0 aliphatic carbocycles. The molecule has 4 rings (SSSR count). The fourth-order valence-corrected chi connectivity index (χ4v) is 3.25. The van der Waals surface area contributed by atoms with Gasteiger partial charge in [0.05, 0.1) is 0 Å². The highest BCUT2D eigenvalue weighted by Gasteiger charge is 2.14. The molecule has 6 nitrogen and oxygen atoms in total. The molecule has 1 saturated heterocycles. The van der Waals surface area contributed by atoms with Gasteiger partial charge in [0.15, 0.2) is 11.5 Å². The Bertz CT molecular complexity index is 906. The van der Waals surface area contributed by atoms with E-state index >= 15 is 0 Å². The van der Waals surface area contributed by atoms with Crippen LogP contribution < -0.4 is 10.2 Å². The van der Waals surface area contributed by atoms with Crippen molar-refractivity contribution in [1.82, 2.24) is 15.5 Å². The standard InChI is InChI=1S/C20H22N4O2/c1-14-7-8-19(26-14)17-12-18(23-22-17)20(25)21-13-15-5-4-6-16(11-15)24-9-2-3-10-24/h4-8,11-12H,2-3,9-10,13H2,1H3,(H,21,25)(H,22,23). The Labute approximate surface area is 152 Å². The van der Waals surface area contributed by atoms with Crippen molar-refractivity contribution < 1.29 is 9.21 Å². The maximum Gasteiger partial charge on any atom is 0.272 e. The first kappa shape index (κ1) is 16.4. The number of anilines is 1. The van der Waals surface area contributed by atoms with Crippen molar-refractivity contribution >= 4 is 11.6 Å². The van der Waals surface area contributed by atoms with Crippen LogP contribution in [0.5, 0.6) is 0 Å². The van der Waals surface area contributed by atoms with Gasteiger partial charge in [-0.3, -0.25) is 9.89 Å². The minimum Gasteiger partial charge on any atom is -0.460 e. The number of benzene rings is 1. The Kier molecular flexibility index (Phi) is 4.48. The van der Waals surface area contributed by atoms with Crippen molar-refractivity contribution in [2.45, 2.75) is 26.3 Å². The monoisotopic (exact) mass is 350 g/mol. The van der Waals surface area contributed by atoms with Crippen LogP contribution in [0.4, 0.5) is 5.69 Å². The van der Waals surface area contributed by atoms with Crippen molar-refractivity contribution in [2.75, 3.05) is 18.0 Å². The average Bonchev–Trinajstić information content (AvgIpc) is 3.40. The predicted octanol–water partition coefficient (Wildman–Crippen LogP) is 3.51. The lowest BCUT2D eigenvalue weighted by Gasteiger charge is -2.18. The van der Waals surface area contributed by atoms with Gasteiger partial charge in [0.25, 0.3) is 5.91 Å². The third kappa shape index (κ3) is 3.49. The number of aryl methyl sites for hydroxylation is 1. The van der Waals surface area contributed by atoms with Crippen molar-refractivity contribution in [3.63, 3.8) is 0 Å². The molecule has 1 fully saturated rings. The van der Waals surface area contributed by atoms with E-state index in [0.29, 0.717) is 23.7 Å². The van der Waals surface area contributed by atoms with Crippen LogP contribution in [0.25, 0.3) is 11.5 Å². The van der Waals surface area contributed by atoms with Crippen LogP contribution in [0.15, 0.2) is 46.9 Å². The molecular weight excluding hydrogens is 328 g/mol. The molecule has 0 atom stereocenters. The van der Waals surface area contributed by atoms with E-state index in [2.05, 4.69) is 32.5 Å². The summed E-state index contributed by atoms with van der Waals surface area (Å²) in [6, 6.07) is 13.8. The van der Waals surface area contributed by atoms with Gasteiger partial charge in [0.1, 0.15) is 11.5 Å². The second kappa shape index (κ2) is 7.07. The smallest absolute Gasteiger partial charge is 0.272 e. The molecule has 134 valence electrons. The zero-order chi connectivity index (χ0) is 17.9. The van der Waals surface area contributed by atoms with Crippen LogP contribution in [0, 0.1) is 6.92 Å². The first-order valence-corrected chi connectivity index (χ1v) is 8.93. The number of hydrogen-bond donors (Lipinski definition) is 2. The van der Waals surface area contributed by atoms with Crippen LogP contribution in [0.1, 0.15) is 34.7 Å². The molecule has 1 aromatic carbocycles. The summed E-state index contributed by atoms with van der Waals surface area (Å²) in [5.41, 5.74) is 3.36. The maximum absolute atomic E-state index is 12.4. The number of carbonyl (C=O) groups excluding carboxylic acids is 1. The third-order valence-electron chi connectivity index (χ3n) is 4.65. The van der Waals surface area contributed by atoms with Gasteiger partial charge in [-0.25, -0.2) is 0 Å². The van der Waals surface area contributed by atoms with Crippen molar-refractivity contribution in [1.29, 1.82) is 0 Å². The normalized spacial score (nSPS) is 14.0. The highest BCUT2D eigenvalue weighted by atomic mass is 16.3. The molecule has 2 aromatic heterocycles. The molecule has 1 aliphatic heterocycles. The van der Waals surface area contributed by atoms with E-state index in [0.717, 1.165) is 24.4 Å². The van der Waals surface area contributed by atoms with Crippen LogP contribution >= 0.6 is 0 Å². The SMILES string of the molecule is Cc1ccc(-c2cc(C(=O)NCc3cccc(N4CCCC4)c3)n[nH]2)o1. The van der Waals surface area contributed by atoms with Gasteiger partial charge in [-0.2, -0.15) is 5.10 Å². The molecule has 3 heterocycles. The molecule has 3 aromatic rings. The summed E-state index contributed by atoms with van der Waals surface area (Å²) in [5, 5.41) is 9.87. The number of nitrogens with zero attached hydrogens (tertiary/aromatic N) is 2. The highest BCUT2D eigenvalue weighted by Crippen LogP contribution is 2.22. The van der Waals surface area contributed by atoms with E-state index in [1.807, 2.05) is 31.2 Å². The van der Waals surface area contributed by atoms with E-state index in [9.17, 15) is 4.79 Å². The van der Waals surface area contributed by atoms with Crippen molar-refractivity contribution in [3.05, 3.63) is 59.5 Å². The lowest BCUT2D eigenvalue weighted by Crippen LogP contribution is -2.23. The number of H-pyrrole nitrogens is 1. The Morgan fingerprint density at radius 1 is 1.23 bits per heavy atom. The highest BCUT2D eigenvalue weighted by molar-refractivity contribution is 5.93. The summed E-state index contributed by atoms with van der Waals surface area (Å²) in [6.07, 6.45) is 2.50. The van der Waals surface area contributed by atoms with E-state index < -0.39 is 0 Å². The number of carbonyl (C=O) groups is 1. The van der Waals surface area contributed by atoms with E-state index in [4.69, 9.17) is 4.42 Å². The Morgan fingerprint density at radius 3 is 2.85 bits per heavy atom. The molecule has 0 saturated carbocycles. The zero-order valence-corrected chi connectivity index (χ0v) is 14.8. The molecule has 26 heavy (non-hydrogen) atoms. The molecule has 6 heteroatoms. The zero-order valence-electron chi connectivity index (χ0n) is 14.8. The van der Waals surface area contributed by atoms with Crippen LogP contribution in [0.3, 0.4) is 0 Å². The first-order chi connectivity index (χ1) is 12.7. The molecule has 0 bridgehead atoms. The topological polar surface area (TPSA) is 74.2 Å². The van der Waals surface area contributed by atoms with Crippen LogP contribution in [-0.2, 0) is 6.54 Å². The molecule has 2 N–H and O–H groups in total. The lowest BCUT2D eigenvalue weighted by atomic mass is 10.2. The van der Waals surface area contributed by atoms with E-state index in [-0.39, 0.29) is 5.91 Å². The fraction of sp³-hybridized carbons (Fsp3) is 0.300. The second-order valence-electron chi connectivity index (χ2n) is 6.62. The Morgan fingerprint density at radius 2 is 2.08 bits per heavy atom. The van der Waals surface area contributed by atoms with Gasteiger partial charge < -0.3 is 14.6 Å². The van der Waals surface area contributed by atoms with Crippen molar-refractivity contribution in [2.24, 2.45) is 0 Å². The summed E-state index contributed by atoms with van der Waals surface area (Å²) < 4.78 is 5.55. The number of amides is 1. The summed E-state index contributed by atoms with van der Waals surface area (Å²) >= 11 is 0. The number of rotatable bonds is 5. The fourth-order valence-electron chi connectivity index (χ4n) is 3.25. The van der Waals surface area contributed by atoms with Crippen molar-refractivity contribution in [3.8, 4) is 11.5 Å². The molecule has 1 aliphatic rings. The Hall–Kier alpha value is -3.02. The quantitative estimate of drug-likeness (QED) is 0.738. The van der Waals surface area contributed by atoms with Gasteiger partial charge in [-0.15, -0.1) is 0 Å². The van der Waals surface area contributed by atoms with Crippen LogP contribution in [0.2, 0.25) is 0 Å². The maximum atomic E-state index is 12.4. The Balaban J connectivity index is 1.39. The predicted molar refractivity (Wildman–Crippen MR) is 100 cm³/mol. The van der Waals surface area contributed by atoms with E-state index in [1.54, 1.807) is 6.07 Å². The molecule has 0 spiro atoms. The summed E-state index contributed by atoms with van der Waals surface area (Å²) in [6.45, 7) is 4.57. The average molecular weight is 350 g/mol. The second-order valence-corrected chi connectivity index (χ2v) is 6.62. The van der Waals surface area contributed by atoms with Gasteiger partial charge in [-0.1, -0.05) is 12.1 Å². The minimum absolute atomic E-state index is 0.206. The van der Waals surface area contributed by atoms with Gasteiger partial charge in [0, 0.05) is 31.4 Å². The number of hydrogen-bond acceptors (Lipinski definition) is 4. The summed E-state index contributed by atoms with van der Waals surface area (Å²) in [4.78, 5) is 14.8. The van der Waals surface area contributed by atoms with Gasteiger partial charge in [0.2, 0.25) is 0 Å². The lowest BCUT2D eigenvalue weighted by molar-refractivity contribution is 0.0946. The van der Waals surface area contributed by atoms with E-state index in [1.165, 1.54) is 18.5 Å². The third-order valence-corrected chi connectivity index (χ3v) is 4.65. The summed E-state index contributed by atoms with van der Waals surface area (Å²) in [5.74, 6) is 1.29. The van der Waals surface area contributed by atoms with Crippen LogP contribution in [-0.4, -0.2) is 29.2 Å². The summed E-state index contributed by atoms with van der Waals surface area (Å²) in [7, 11) is 0. The van der Waals surface area contributed by atoms with Gasteiger partial charge in [-0.05, 0) is 49.6 Å². The minimum atomic E-state index is -0.206. The van der Waals surface area contributed by atoms with Gasteiger partial charge >= 0.3 is 0 Å². The molecule has 0 radical (unpaired) electrons. The largest absolute Gasteiger partial charge is 0.460 e. The molecule has 0 unspecified atom stereocenters. The first-order valence-electron chi connectivity index (χ1n) is 8.93. The number of aromatic amines is 1. The number of furan rings is 1. The number of nitrogens with one attached hydrogen (secondary N) is 2. The number of aromatic nitrogens is 2. The molecular formula is C20H22N4O2.